The Morgan fingerprint density at radius 1 is 0.486 bits per heavy atom. The number of para-hydroxylation sites is 1. The van der Waals surface area contributed by atoms with Crippen molar-refractivity contribution in [3.8, 4) is 39.3 Å². The SMILES string of the molecule is CC(C)(C)c1ccc(Nc2cc3sc4cc(C(C)(C)C)ccc4c3cc2-c2ccc3c4cc5c(cc4n4c3c2[B]c2cc3oc(-c6ccccc6)c(-c6ccccc6)c3cc2-4)oc2ccccc25)cc1. The third-order valence-corrected chi connectivity index (χ3v) is 15.9. The standard InChI is InChI=1S/C64H48BN2O2S/c1-63(2,3)38-21-24-40(25-22-38)66-51-34-58-48(42-26-23-39(64(4,5)6)29-57(42)70-58)30-45(51)43-27-28-44-46-31-47-41-19-13-14-20-54(41)68-56(47)35-52(46)67-53-32-49-55(33-50(53)65-60(43)61(44)67)69-62(37-17-11-8-12-18-37)59(49)36-15-9-7-10-16-36/h7-35,66H,1-6H3. The van der Waals surface area contributed by atoms with Crippen LogP contribution in [0, 0.1) is 0 Å². The molecule has 9 aromatic carbocycles. The maximum Gasteiger partial charge on any atom is 0.198 e. The number of aromatic nitrogens is 1. The second-order valence-corrected chi connectivity index (χ2v) is 22.3. The molecule has 70 heavy (non-hydrogen) atoms. The highest BCUT2D eigenvalue weighted by Crippen LogP contribution is 2.47. The van der Waals surface area contributed by atoms with Crippen LogP contribution in [0.5, 0.6) is 0 Å². The lowest BCUT2D eigenvalue weighted by molar-refractivity contribution is 0.590. The number of furan rings is 2. The van der Waals surface area contributed by atoms with Crippen molar-refractivity contribution in [1.82, 2.24) is 4.57 Å². The number of thiophene rings is 1. The van der Waals surface area contributed by atoms with Crippen LogP contribution in [0.25, 0.3) is 114 Å². The van der Waals surface area contributed by atoms with Crippen molar-refractivity contribution in [2.45, 2.75) is 52.4 Å². The Bertz CT molecular complexity index is 4290. The summed E-state index contributed by atoms with van der Waals surface area (Å²) in [5.74, 6) is 0.867. The van der Waals surface area contributed by atoms with E-state index in [1.54, 1.807) is 0 Å². The molecule has 0 saturated heterocycles. The van der Waals surface area contributed by atoms with E-state index >= 15 is 0 Å². The van der Waals surface area contributed by atoms with Crippen LogP contribution >= 0.6 is 11.3 Å². The van der Waals surface area contributed by atoms with Gasteiger partial charge in [-0.3, -0.25) is 0 Å². The van der Waals surface area contributed by atoms with Gasteiger partial charge in [0, 0.05) is 92.4 Å². The Balaban J connectivity index is 1.06. The van der Waals surface area contributed by atoms with E-state index in [9.17, 15) is 0 Å². The van der Waals surface area contributed by atoms with E-state index in [0.717, 1.165) is 94.5 Å². The van der Waals surface area contributed by atoms with Crippen LogP contribution in [0.3, 0.4) is 0 Å². The fourth-order valence-corrected chi connectivity index (χ4v) is 12.3. The van der Waals surface area contributed by atoms with Gasteiger partial charge in [-0.15, -0.1) is 11.3 Å². The van der Waals surface area contributed by atoms with Crippen molar-refractivity contribution in [3.63, 3.8) is 0 Å². The summed E-state index contributed by atoms with van der Waals surface area (Å²) in [4.78, 5) is 0. The number of benzene rings is 9. The largest absolute Gasteiger partial charge is 0.456 e. The molecule has 14 rings (SSSR count). The number of nitrogens with one attached hydrogen (secondary N) is 1. The second kappa shape index (κ2) is 14.9. The minimum Gasteiger partial charge on any atom is -0.456 e. The van der Waals surface area contributed by atoms with Crippen LogP contribution in [-0.2, 0) is 10.8 Å². The van der Waals surface area contributed by atoms with Gasteiger partial charge in [0.1, 0.15) is 22.5 Å². The summed E-state index contributed by atoms with van der Waals surface area (Å²) in [5, 5.41) is 12.2. The quantitative estimate of drug-likeness (QED) is 0.175. The summed E-state index contributed by atoms with van der Waals surface area (Å²) < 4.78 is 18.7. The topological polar surface area (TPSA) is 43.2 Å². The Kier molecular flexibility index (Phi) is 8.74. The van der Waals surface area contributed by atoms with Crippen LogP contribution in [0.4, 0.5) is 11.4 Å². The zero-order chi connectivity index (χ0) is 47.2. The molecule has 335 valence electrons. The highest BCUT2D eigenvalue weighted by atomic mass is 32.1. The highest BCUT2D eigenvalue weighted by molar-refractivity contribution is 7.25. The van der Waals surface area contributed by atoms with Crippen LogP contribution in [0.15, 0.2) is 185 Å². The predicted molar refractivity (Wildman–Crippen MR) is 299 cm³/mol. The zero-order valence-electron chi connectivity index (χ0n) is 40.0. The Morgan fingerprint density at radius 2 is 1.17 bits per heavy atom. The number of nitrogens with zero attached hydrogens (tertiary/aromatic N) is 1. The number of hydrogen-bond donors (Lipinski definition) is 1. The van der Waals surface area contributed by atoms with E-state index in [-0.39, 0.29) is 10.8 Å². The summed E-state index contributed by atoms with van der Waals surface area (Å²) in [7, 11) is 2.41. The van der Waals surface area contributed by atoms with Gasteiger partial charge in [-0.1, -0.05) is 162 Å². The molecular formula is C64H48BN2O2S. The fourth-order valence-electron chi connectivity index (χ4n) is 11.1. The molecule has 0 spiro atoms. The van der Waals surface area contributed by atoms with E-state index in [4.69, 9.17) is 8.83 Å². The fraction of sp³-hybridized carbons (Fsp3) is 0.125. The van der Waals surface area contributed by atoms with Crippen LogP contribution in [0.1, 0.15) is 52.7 Å². The molecule has 0 aliphatic carbocycles. The molecule has 0 bridgehead atoms. The van der Waals surface area contributed by atoms with Crippen molar-refractivity contribution in [2.24, 2.45) is 0 Å². The highest BCUT2D eigenvalue weighted by Gasteiger charge is 2.30. The first-order valence-corrected chi connectivity index (χ1v) is 25.1. The van der Waals surface area contributed by atoms with Gasteiger partial charge in [0.25, 0.3) is 0 Å². The van der Waals surface area contributed by atoms with Gasteiger partial charge >= 0.3 is 0 Å². The maximum absolute atomic E-state index is 7.01. The Hall–Kier alpha value is -7.80. The molecule has 6 heteroatoms. The van der Waals surface area contributed by atoms with Gasteiger partial charge in [-0.25, -0.2) is 0 Å². The molecule has 4 aromatic heterocycles. The molecule has 0 saturated carbocycles. The Morgan fingerprint density at radius 3 is 1.94 bits per heavy atom. The number of anilines is 2. The lowest BCUT2D eigenvalue weighted by Crippen LogP contribution is -2.37. The lowest BCUT2D eigenvalue weighted by atomic mass is 9.59. The van der Waals surface area contributed by atoms with E-state index < -0.39 is 0 Å². The number of rotatable bonds is 5. The number of fused-ring (bicyclic) bond motifs is 12. The molecule has 0 fully saturated rings. The van der Waals surface area contributed by atoms with E-state index in [1.165, 1.54) is 53.1 Å². The monoisotopic (exact) mass is 919 g/mol. The molecule has 5 heterocycles. The summed E-state index contributed by atoms with van der Waals surface area (Å²) in [6.45, 7) is 13.7. The van der Waals surface area contributed by atoms with Crippen molar-refractivity contribution in [2.75, 3.05) is 5.32 Å². The average Bonchev–Trinajstić information content (AvgIpc) is 4.12. The Labute approximate surface area is 411 Å². The van der Waals surface area contributed by atoms with E-state index in [1.807, 2.05) is 17.4 Å². The minimum atomic E-state index is 0.0488. The van der Waals surface area contributed by atoms with Crippen molar-refractivity contribution in [1.29, 1.82) is 0 Å². The van der Waals surface area contributed by atoms with Gasteiger partial charge < -0.3 is 18.7 Å². The van der Waals surface area contributed by atoms with Crippen molar-refractivity contribution in [3.05, 3.63) is 187 Å². The first-order chi connectivity index (χ1) is 33.9. The normalized spacial score (nSPS) is 12.8. The van der Waals surface area contributed by atoms with E-state index in [2.05, 4.69) is 229 Å². The molecule has 4 nitrogen and oxygen atoms in total. The molecule has 1 N–H and O–H groups in total. The smallest absolute Gasteiger partial charge is 0.198 e. The molecule has 1 aliphatic heterocycles. The van der Waals surface area contributed by atoms with Gasteiger partial charge in [0.2, 0.25) is 0 Å². The van der Waals surface area contributed by atoms with Crippen molar-refractivity contribution < 1.29 is 8.83 Å². The van der Waals surface area contributed by atoms with Crippen LogP contribution in [-0.4, -0.2) is 11.8 Å². The van der Waals surface area contributed by atoms with Gasteiger partial charge in [-0.05, 0) is 93.1 Å². The number of hydrogen-bond acceptors (Lipinski definition) is 4. The molecular weight excluding hydrogens is 872 g/mol. The molecule has 0 amide bonds. The first kappa shape index (κ1) is 41.2. The summed E-state index contributed by atoms with van der Waals surface area (Å²) >= 11 is 1.88. The second-order valence-electron chi connectivity index (χ2n) is 21.2. The van der Waals surface area contributed by atoms with E-state index in [0.29, 0.717) is 0 Å². The lowest BCUT2D eigenvalue weighted by Gasteiger charge is -2.24. The maximum atomic E-state index is 7.01. The average molecular weight is 920 g/mol. The molecule has 13 aromatic rings. The predicted octanol–water partition coefficient (Wildman–Crippen LogP) is 17.1. The molecule has 0 unspecified atom stereocenters. The molecule has 1 aliphatic rings. The minimum absolute atomic E-state index is 0.0488. The van der Waals surface area contributed by atoms with Gasteiger partial charge in [0.05, 0.1) is 5.52 Å². The summed E-state index contributed by atoms with van der Waals surface area (Å²) in [5.41, 5.74) is 18.7. The first-order valence-electron chi connectivity index (χ1n) is 24.3. The van der Waals surface area contributed by atoms with Crippen molar-refractivity contribution >= 4 is 116 Å². The van der Waals surface area contributed by atoms with Crippen LogP contribution < -0.4 is 16.2 Å². The zero-order valence-corrected chi connectivity index (χ0v) is 40.8. The van der Waals surface area contributed by atoms with Gasteiger partial charge in [0.15, 0.2) is 7.28 Å². The third kappa shape index (κ3) is 6.29. The summed E-state index contributed by atoms with van der Waals surface area (Å²) in [6, 6.07) is 64.4. The third-order valence-electron chi connectivity index (χ3n) is 14.7. The molecule has 1 radical (unpaired) electrons. The summed E-state index contributed by atoms with van der Waals surface area (Å²) in [6.07, 6.45) is 0. The van der Waals surface area contributed by atoms with Gasteiger partial charge in [-0.2, -0.15) is 0 Å². The molecule has 0 atom stereocenters. The van der Waals surface area contributed by atoms with Crippen LogP contribution in [0.2, 0.25) is 0 Å².